The molecule has 0 N–H and O–H groups in total. The molecule has 0 unspecified atom stereocenters. The Morgan fingerprint density at radius 3 is 1.84 bits per heavy atom. The van der Waals surface area contributed by atoms with Crippen molar-refractivity contribution in [3.8, 4) is 0 Å². The van der Waals surface area contributed by atoms with E-state index in [2.05, 4.69) is 63.7 Å². The van der Waals surface area contributed by atoms with E-state index in [0.717, 1.165) is 4.47 Å². The zero-order chi connectivity index (χ0) is 14.2. The predicted octanol–water partition coefficient (Wildman–Crippen LogP) is 5.57. The minimum atomic E-state index is -3.58. The molecule has 2 aromatic carbocycles. The third-order valence-electron chi connectivity index (χ3n) is 2.39. The van der Waals surface area contributed by atoms with Crippen molar-refractivity contribution in [3.05, 3.63) is 54.3 Å². The lowest BCUT2D eigenvalue weighted by Gasteiger charge is -2.09. The normalized spacial score (nSPS) is 11.6. The number of benzene rings is 2. The average Bonchev–Trinajstić information content (AvgIpc) is 2.32. The van der Waals surface area contributed by atoms with E-state index >= 15 is 0 Å². The summed E-state index contributed by atoms with van der Waals surface area (Å²) in [7, 11) is -3.58. The highest BCUT2D eigenvalue weighted by Crippen LogP contribution is 2.35. The number of hydrogen-bond donors (Lipinski definition) is 0. The quantitative estimate of drug-likeness (QED) is 0.506. The van der Waals surface area contributed by atoms with Gasteiger partial charge in [0.25, 0.3) is 0 Å². The SMILES string of the molecule is O=S(=O)(c1ccc(Br)c(Br)c1)c1c(Br)cccc1Br. The van der Waals surface area contributed by atoms with Crippen molar-refractivity contribution in [2.75, 3.05) is 0 Å². The zero-order valence-electron chi connectivity index (χ0n) is 9.20. The Hall–Kier alpha value is 0.310. The van der Waals surface area contributed by atoms with Crippen LogP contribution in [0.2, 0.25) is 0 Å². The first kappa shape index (κ1) is 15.7. The van der Waals surface area contributed by atoms with Gasteiger partial charge in [0.05, 0.1) is 4.90 Å². The van der Waals surface area contributed by atoms with Crippen molar-refractivity contribution in [1.29, 1.82) is 0 Å². The lowest BCUT2D eigenvalue weighted by Crippen LogP contribution is -2.04. The molecule has 2 nitrogen and oxygen atoms in total. The first-order valence-electron chi connectivity index (χ1n) is 4.98. The van der Waals surface area contributed by atoms with Crippen LogP contribution in [0.5, 0.6) is 0 Å². The third kappa shape index (κ3) is 3.15. The number of sulfone groups is 1. The molecule has 0 spiro atoms. The fourth-order valence-electron chi connectivity index (χ4n) is 1.50. The first-order chi connectivity index (χ1) is 8.84. The molecular formula is C12H6Br4O2S. The van der Waals surface area contributed by atoms with Gasteiger partial charge in [0.1, 0.15) is 4.90 Å². The molecule has 0 aliphatic rings. The summed E-state index contributed by atoms with van der Waals surface area (Å²) in [6.45, 7) is 0. The summed E-state index contributed by atoms with van der Waals surface area (Å²) in [5.74, 6) is 0. The second-order valence-corrected chi connectivity index (χ2v) is 8.93. The Kier molecular flexibility index (Phi) is 4.93. The van der Waals surface area contributed by atoms with Gasteiger partial charge in [0, 0.05) is 17.9 Å². The molecule has 100 valence electrons. The standard InChI is InChI=1S/C12H6Br4O2S/c13-8-5-4-7(6-11(8)16)19(17,18)12-9(14)2-1-3-10(12)15/h1-6H. The Morgan fingerprint density at radius 2 is 1.32 bits per heavy atom. The molecule has 0 fully saturated rings. The number of hydrogen-bond acceptors (Lipinski definition) is 2. The maximum Gasteiger partial charge on any atom is 0.208 e. The molecule has 0 aromatic heterocycles. The van der Waals surface area contributed by atoms with Gasteiger partial charge in [0.2, 0.25) is 9.84 Å². The van der Waals surface area contributed by atoms with Crippen molar-refractivity contribution >= 4 is 73.6 Å². The maximum absolute atomic E-state index is 12.6. The molecular weight excluding hydrogens is 528 g/mol. The summed E-state index contributed by atoms with van der Waals surface area (Å²) in [6.07, 6.45) is 0. The highest BCUT2D eigenvalue weighted by molar-refractivity contribution is 9.13. The van der Waals surface area contributed by atoms with Crippen LogP contribution in [0.3, 0.4) is 0 Å². The van der Waals surface area contributed by atoms with E-state index in [1.807, 2.05) is 0 Å². The highest BCUT2D eigenvalue weighted by Gasteiger charge is 2.23. The zero-order valence-corrected chi connectivity index (χ0v) is 16.4. The molecule has 0 amide bonds. The summed E-state index contributed by atoms with van der Waals surface area (Å²) in [5, 5.41) is 0. The molecule has 0 aliphatic heterocycles. The summed E-state index contributed by atoms with van der Waals surface area (Å²) < 4.78 is 27.8. The summed E-state index contributed by atoms with van der Waals surface area (Å²) in [5.41, 5.74) is 0. The second kappa shape index (κ2) is 5.97. The molecule has 19 heavy (non-hydrogen) atoms. The molecule has 7 heteroatoms. The minimum Gasteiger partial charge on any atom is -0.218 e. The van der Waals surface area contributed by atoms with E-state index in [-0.39, 0.29) is 9.79 Å². The van der Waals surface area contributed by atoms with E-state index in [1.165, 1.54) is 0 Å². The van der Waals surface area contributed by atoms with Crippen LogP contribution in [0, 0.1) is 0 Å². The van der Waals surface area contributed by atoms with Crippen molar-refractivity contribution in [2.45, 2.75) is 9.79 Å². The number of halogens is 4. The van der Waals surface area contributed by atoms with Crippen molar-refractivity contribution in [3.63, 3.8) is 0 Å². The van der Waals surface area contributed by atoms with Gasteiger partial charge in [-0.2, -0.15) is 0 Å². The van der Waals surface area contributed by atoms with E-state index in [4.69, 9.17) is 0 Å². The summed E-state index contributed by atoms with van der Waals surface area (Å²) in [4.78, 5) is 0.458. The lowest BCUT2D eigenvalue weighted by atomic mass is 10.4. The van der Waals surface area contributed by atoms with E-state index in [9.17, 15) is 8.42 Å². The molecule has 0 aliphatic carbocycles. The van der Waals surface area contributed by atoms with Gasteiger partial charge < -0.3 is 0 Å². The molecule has 2 rings (SSSR count). The Bertz CT molecular complexity index is 721. The first-order valence-corrected chi connectivity index (χ1v) is 9.63. The van der Waals surface area contributed by atoms with Crippen molar-refractivity contribution in [1.82, 2.24) is 0 Å². The molecule has 0 bridgehead atoms. The Labute approximate surface area is 145 Å². The molecule has 0 heterocycles. The van der Waals surface area contributed by atoms with Gasteiger partial charge in [0.15, 0.2) is 0 Å². The molecule has 0 saturated heterocycles. The van der Waals surface area contributed by atoms with E-state index in [1.54, 1.807) is 36.4 Å². The number of rotatable bonds is 2. The van der Waals surface area contributed by atoms with Gasteiger partial charge in [-0.3, -0.25) is 0 Å². The topological polar surface area (TPSA) is 34.1 Å². The van der Waals surface area contributed by atoms with Crippen LogP contribution < -0.4 is 0 Å². The van der Waals surface area contributed by atoms with E-state index < -0.39 is 9.84 Å². The monoisotopic (exact) mass is 530 g/mol. The minimum absolute atomic E-state index is 0.226. The van der Waals surface area contributed by atoms with Crippen LogP contribution >= 0.6 is 63.7 Å². The average molecular weight is 534 g/mol. The second-order valence-electron chi connectivity index (χ2n) is 3.63. The van der Waals surface area contributed by atoms with Crippen LogP contribution in [0.25, 0.3) is 0 Å². The fraction of sp³-hybridized carbons (Fsp3) is 0. The van der Waals surface area contributed by atoms with Gasteiger partial charge in [-0.15, -0.1) is 0 Å². The van der Waals surface area contributed by atoms with Crippen LogP contribution in [0.4, 0.5) is 0 Å². The van der Waals surface area contributed by atoms with Crippen molar-refractivity contribution < 1.29 is 8.42 Å². The highest BCUT2D eigenvalue weighted by atomic mass is 79.9. The van der Waals surface area contributed by atoms with Crippen LogP contribution in [-0.4, -0.2) is 8.42 Å². The Balaban J connectivity index is 2.69. The van der Waals surface area contributed by atoms with Crippen LogP contribution in [0.15, 0.2) is 64.1 Å². The molecule has 2 aromatic rings. The fourth-order valence-corrected chi connectivity index (χ4v) is 5.96. The molecule has 0 atom stereocenters. The van der Waals surface area contributed by atoms with Gasteiger partial charge in [-0.1, -0.05) is 6.07 Å². The Morgan fingerprint density at radius 1 is 0.737 bits per heavy atom. The van der Waals surface area contributed by atoms with Gasteiger partial charge >= 0.3 is 0 Å². The summed E-state index contributed by atoms with van der Waals surface area (Å²) >= 11 is 13.2. The maximum atomic E-state index is 12.6. The van der Waals surface area contributed by atoms with Crippen LogP contribution in [0.1, 0.15) is 0 Å². The molecule has 0 radical (unpaired) electrons. The van der Waals surface area contributed by atoms with Gasteiger partial charge in [-0.05, 0) is 94.1 Å². The molecule has 0 saturated carbocycles. The predicted molar refractivity (Wildman–Crippen MR) is 89.1 cm³/mol. The van der Waals surface area contributed by atoms with E-state index in [0.29, 0.717) is 13.4 Å². The summed E-state index contributed by atoms with van der Waals surface area (Å²) in [6, 6.07) is 10.0. The smallest absolute Gasteiger partial charge is 0.208 e. The van der Waals surface area contributed by atoms with Gasteiger partial charge in [-0.25, -0.2) is 8.42 Å². The largest absolute Gasteiger partial charge is 0.218 e. The van der Waals surface area contributed by atoms with Crippen molar-refractivity contribution in [2.24, 2.45) is 0 Å². The van der Waals surface area contributed by atoms with Crippen LogP contribution in [-0.2, 0) is 9.84 Å². The lowest BCUT2D eigenvalue weighted by molar-refractivity contribution is 0.595. The third-order valence-corrected chi connectivity index (χ3v) is 7.97.